The summed E-state index contributed by atoms with van der Waals surface area (Å²) in [6.45, 7) is 0.464. The van der Waals surface area contributed by atoms with E-state index in [0.29, 0.717) is 22.6 Å². The molecule has 0 fully saturated rings. The van der Waals surface area contributed by atoms with Crippen molar-refractivity contribution in [3.05, 3.63) is 94.5 Å². The Bertz CT molecular complexity index is 1130. The topological polar surface area (TPSA) is 87.6 Å². The molecule has 0 aliphatic heterocycles. The third-order valence-corrected chi connectivity index (χ3v) is 4.34. The van der Waals surface area contributed by atoms with Crippen molar-refractivity contribution in [2.45, 2.75) is 13.2 Å². The molecule has 0 saturated carbocycles. The minimum absolute atomic E-state index is 0.205. The van der Waals surface area contributed by atoms with E-state index in [9.17, 15) is 5.26 Å². The first-order valence-corrected chi connectivity index (χ1v) is 9.17. The largest absolute Gasteiger partial charge is 0.493 e. The minimum atomic E-state index is 0.205. The highest BCUT2D eigenvalue weighted by Crippen LogP contribution is 2.28. The number of rotatable bonds is 8. The van der Waals surface area contributed by atoms with E-state index in [0.717, 1.165) is 16.7 Å². The maximum atomic E-state index is 9.19. The normalized spacial score (nSPS) is 10.2. The summed E-state index contributed by atoms with van der Waals surface area (Å²) in [4.78, 5) is 5.32. The summed E-state index contributed by atoms with van der Waals surface area (Å²) in [6.07, 6.45) is 1.56. The number of benzene rings is 3. The predicted molar refractivity (Wildman–Crippen MR) is 112 cm³/mol. The molecule has 0 unspecified atom stereocenters. The average molecular weight is 397 g/mol. The quantitative estimate of drug-likeness (QED) is 0.410. The van der Waals surface area contributed by atoms with Gasteiger partial charge in [0, 0.05) is 16.7 Å². The summed E-state index contributed by atoms with van der Waals surface area (Å²) >= 11 is 0. The molecule has 0 radical (unpaired) electrons. The lowest BCUT2D eigenvalue weighted by molar-refractivity contribution is 0.132. The number of methoxy groups -OCH3 is 1. The van der Waals surface area contributed by atoms with Gasteiger partial charge in [-0.25, -0.2) is 0 Å². The Labute approximate surface area is 175 Å². The van der Waals surface area contributed by atoms with Crippen molar-refractivity contribution < 1.29 is 14.3 Å². The molecule has 0 spiro atoms. The summed E-state index contributed by atoms with van der Waals surface area (Å²) in [5.74, 6) is 1.11. The summed E-state index contributed by atoms with van der Waals surface area (Å²) in [5.41, 5.74) is 3.49. The van der Waals surface area contributed by atoms with Gasteiger partial charge < -0.3 is 14.3 Å². The number of ether oxygens (including phenoxy) is 2. The second-order valence-corrected chi connectivity index (χ2v) is 6.24. The van der Waals surface area contributed by atoms with Crippen molar-refractivity contribution >= 4 is 6.21 Å². The first-order chi connectivity index (χ1) is 14.7. The summed E-state index contributed by atoms with van der Waals surface area (Å²) in [7, 11) is 1.56. The zero-order chi connectivity index (χ0) is 21.2. The van der Waals surface area contributed by atoms with Gasteiger partial charge >= 0.3 is 0 Å². The van der Waals surface area contributed by atoms with Gasteiger partial charge in [-0.15, -0.1) is 0 Å². The molecule has 3 rings (SSSR count). The predicted octanol–water partition coefficient (Wildman–Crippen LogP) is 4.57. The Morgan fingerprint density at radius 2 is 1.47 bits per heavy atom. The van der Waals surface area contributed by atoms with Gasteiger partial charge in [0.05, 0.1) is 36.6 Å². The van der Waals surface area contributed by atoms with Crippen molar-refractivity contribution in [3.63, 3.8) is 0 Å². The van der Waals surface area contributed by atoms with Crippen LogP contribution in [0.4, 0.5) is 0 Å². The van der Waals surface area contributed by atoms with E-state index >= 15 is 0 Å². The fourth-order valence-corrected chi connectivity index (χ4v) is 2.75. The highest BCUT2D eigenvalue weighted by atomic mass is 16.6. The Kier molecular flexibility index (Phi) is 7.02. The van der Waals surface area contributed by atoms with Crippen molar-refractivity contribution in [2.24, 2.45) is 5.16 Å². The fourth-order valence-electron chi connectivity index (χ4n) is 2.75. The summed E-state index contributed by atoms with van der Waals surface area (Å²) in [5, 5.41) is 22.2. The fraction of sp³-hybridized carbons (Fsp3) is 0.125. The van der Waals surface area contributed by atoms with E-state index < -0.39 is 0 Å². The van der Waals surface area contributed by atoms with Crippen LogP contribution in [0.5, 0.6) is 11.5 Å². The number of nitriles is 2. The summed E-state index contributed by atoms with van der Waals surface area (Å²) in [6, 6.07) is 24.2. The molecule has 0 amide bonds. The van der Waals surface area contributed by atoms with Crippen LogP contribution in [-0.2, 0) is 18.1 Å². The van der Waals surface area contributed by atoms with Crippen molar-refractivity contribution in [2.75, 3.05) is 7.11 Å². The maximum absolute atomic E-state index is 9.19. The second-order valence-electron chi connectivity index (χ2n) is 6.24. The zero-order valence-corrected chi connectivity index (χ0v) is 16.4. The number of hydrogen-bond donors (Lipinski definition) is 0. The molecule has 0 N–H and O–H groups in total. The van der Waals surface area contributed by atoms with Gasteiger partial charge in [-0.3, -0.25) is 0 Å². The van der Waals surface area contributed by atoms with Crippen LogP contribution in [0.25, 0.3) is 0 Å². The van der Waals surface area contributed by atoms with Gasteiger partial charge in [0.25, 0.3) is 0 Å². The standard InChI is InChI=1S/C24H19N3O3/c1-28-24-12-18(15-27-30-17-22-9-5-3-7-20(22)14-26)10-11-23(24)29-16-21-8-4-2-6-19(21)13-25/h2-12,15H,16-17H2,1H3/b27-15-. The van der Waals surface area contributed by atoms with Crippen LogP contribution in [0.2, 0.25) is 0 Å². The molecule has 148 valence electrons. The van der Waals surface area contributed by atoms with Crippen LogP contribution in [0.1, 0.15) is 27.8 Å². The second kappa shape index (κ2) is 10.3. The van der Waals surface area contributed by atoms with Crippen molar-refractivity contribution in [1.29, 1.82) is 10.5 Å². The van der Waals surface area contributed by atoms with Gasteiger partial charge in [-0.2, -0.15) is 10.5 Å². The zero-order valence-electron chi connectivity index (χ0n) is 16.4. The number of nitrogens with zero attached hydrogens (tertiary/aromatic N) is 3. The minimum Gasteiger partial charge on any atom is -0.493 e. The lowest BCUT2D eigenvalue weighted by Crippen LogP contribution is -2.00. The molecule has 0 heterocycles. The molecule has 3 aromatic rings. The lowest BCUT2D eigenvalue weighted by atomic mass is 10.1. The van der Waals surface area contributed by atoms with E-state index in [1.165, 1.54) is 0 Å². The Balaban J connectivity index is 1.63. The van der Waals surface area contributed by atoms with Gasteiger partial charge in [0.15, 0.2) is 11.5 Å². The molecule has 0 atom stereocenters. The van der Waals surface area contributed by atoms with Gasteiger partial charge in [0.2, 0.25) is 0 Å². The monoisotopic (exact) mass is 397 g/mol. The molecule has 30 heavy (non-hydrogen) atoms. The summed E-state index contributed by atoms with van der Waals surface area (Å²) < 4.78 is 11.2. The van der Waals surface area contributed by atoms with Gasteiger partial charge in [-0.05, 0) is 30.3 Å². The van der Waals surface area contributed by atoms with Crippen LogP contribution in [-0.4, -0.2) is 13.3 Å². The highest BCUT2D eigenvalue weighted by Gasteiger charge is 2.08. The Morgan fingerprint density at radius 1 is 0.833 bits per heavy atom. The van der Waals surface area contributed by atoms with Gasteiger partial charge in [-0.1, -0.05) is 41.6 Å². The van der Waals surface area contributed by atoms with Crippen LogP contribution in [0.15, 0.2) is 71.9 Å². The maximum Gasteiger partial charge on any atom is 0.161 e. The lowest BCUT2D eigenvalue weighted by Gasteiger charge is -2.12. The van der Waals surface area contributed by atoms with Crippen LogP contribution in [0.3, 0.4) is 0 Å². The van der Waals surface area contributed by atoms with Gasteiger partial charge in [0.1, 0.15) is 13.2 Å². The third-order valence-electron chi connectivity index (χ3n) is 4.34. The molecule has 0 aromatic heterocycles. The first-order valence-electron chi connectivity index (χ1n) is 9.17. The molecule has 0 aliphatic carbocycles. The highest BCUT2D eigenvalue weighted by molar-refractivity contribution is 5.80. The first kappa shape index (κ1) is 20.4. The molecule has 0 saturated heterocycles. The van der Waals surface area contributed by atoms with Crippen LogP contribution in [0, 0.1) is 22.7 Å². The van der Waals surface area contributed by atoms with E-state index in [1.54, 1.807) is 43.7 Å². The van der Waals surface area contributed by atoms with E-state index in [2.05, 4.69) is 17.3 Å². The molecule has 6 nitrogen and oxygen atoms in total. The molecular weight excluding hydrogens is 378 g/mol. The van der Waals surface area contributed by atoms with Crippen molar-refractivity contribution in [1.82, 2.24) is 0 Å². The average Bonchev–Trinajstić information content (AvgIpc) is 2.81. The number of hydrogen-bond acceptors (Lipinski definition) is 6. The third kappa shape index (κ3) is 5.15. The number of oxime groups is 1. The van der Waals surface area contributed by atoms with Crippen molar-refractivity contribution in [3.8, 4) is 23.6 Å². The van der Waals surface area contributed by atoms with E-state index in [1.807, 2.05) is 36.4 Å². The van der Waals surface area contributed by atoms with Crippen LogP contribution < -0.4 is 9.47 Å². The molecule has 0 bridgehead atoms. The van der Waals surface area contributed by atoms with E-state index in [4.69, 9.17) is 19.6 Å². The smallest absolute Gasteiger partial charge is 0.161 e. The molecule has 0 aliphatic rings. The molecular formula is C24H19N3O3. The van der Waals surface area contributed by atoms with Crippen LogP contribution >= 0.6 is 0 Å². The molecule has 6 heteroatoms. The Morgan fingerprint density at radius 3 is 2.10 bits per heavy atom. The van der Waals surface area contributed by atoms with E-state index in [-0.39, 0.29) is 13.2 Å². The molecule has 3 aromatic carbocycles. The Hall–Kier alpha value is -4.29. The SMILES string of the molecule is COc1cc(/C=N\OCc2ccccc2C#N)ccc1OCc1ccccc1C#N.